The van der Waals surface area contributed by atoms with E-state index in [0.29, 0.717) is 25.3 Å². The number of hydrogen-bond acceptors (Lipinski definition) is 4. The maximum atomic E-state index is 12.5. The van der Waals surface area contributed by atoms with E-state index in [4.69, 9.17) is 10.5 Å². The summed E-state index contributed by atoms with van der Waals surface area (Å²) < 4.78 is 7.27. The van der Waals surface area contributed by atoms with E-state index in [2.05, 4.69) is 5.10 Å². The highest BCUT2D eigenvalue weighted by Crippen LogP contribution is 2.15. The molecule has 2 atom stereocenters. The van der Waals surface area contributed by atoms with Crippen LogP contribution < -0.4 is 5.73 Å². The molecular weight excluding hydrogens is 244 g/mol. The molecule has 1 aromatic rings. The van der Waals surface area contributed by atoms with Crippen molar-refractivity contribution in [2.45, 2.75) is 32.4 Å². The number of nitrogens with zero attached hydrogens (tertiary/aromatic N) is 3. The monoisotopic (exact) mass is 266 g/mol. The van der Waals surface area contributed by atoms with Gasteiger partial charge in [-0.2, -0.15) is 5.10 Å². The Hall–Kier alpha value is -1.40. The van der Waals surface area contributed by atoms with Crippen LogP contribution in [0.3, 0.4) is 0 Å². The number of amides is 1. The molecule has 2 rings (SSSR count). The van der Waals surface area contributed by atoms with Gasteiger partial charge in [0.05, 0.1) is 24.0 Å². The number of rotatable bonds is 3. The van der Waals surface area contributed by atoms with Gasteiger partial charge in [0.2, 0.25) is 0 Å². The maximum Gasteiger partial charge on any atom is 0.257 e. The molecule has 6 nitrogen and oxygen atoms in total. The van der Waals surface area contributed by atoms with Crippen molar-refractivity contribution in [3.8, 4) is 0 Å². The highest BCUT2D eigenvalue weighted by atomic mass is 16.5. The minimum atomic E-state index is -0.0838. The fourth-order valence-corrected chi connectivity index (χ4v) is 2.32. The molecule has 0 saturated carbocycles. The zero-order valence-electron chi connectivity index (χ0n) is 11.8. The molecule has 2 heterocycles. The zero-order valence-corrected chi connectivity index (χ0v) is 11.8. The molecule has 0 aliphatic carbocycles. The molecule has 0 bridgehead atoms. The van der Waals surface area contributed by atoms with Gasteiger partial charge in [0.25, 0.3) is 5.91 Å². The summed E-state index contributed by atoms with van der Waals surface area (Å²) in [5.74, 6) is 0.0268. The van der Waals surface area contributed by atoms with Crippen LogP contribution in [0.5, 0.6) is 0 Å². The van der Waals surface area contributed by atoms with Gasteiger partial charge in [-0.25, -0.2) is 0 Å². The Balaban J connectivity index is 2.14. The van der Waals surface area contributed by atoms with Crippen LogP contribution in [0.1, 0.15) is 29.9 Å². The maximum absolute atomic E-state index is 12.5. The minimum Gasteiger partial charge on any atom is -0.373 e. The Morgan fingerprint density at radius 2 is 2.42 bits per heavy atom. The Morgan fingerprint density at radius 1 is 1.68 bits per heavy atom. The van der Waals surface area contributed by atoms with Crippen molar-refractivity contribution in [2.24, 2.45) is 12.8 Å². The van der Waals surface area contributed by atoms with Crippen molar-refractivity contribution in [3.63, 3.8) is 0 Å². The fourth-order valence-electron chi connectivity index (χ4n) is 2.32. The molecular formula is C13H22N4O2. The lowest BCUT2D eigenvalue weighted by Gasteiger charge is -2.34. The van der Waals surface area contributed by atoms with E-state index in [1.54, 1.807) is 10.9 Å². The summed E-state index contributed by atoms with van der Waals surface area (Å²) in [6, 6.07) is -0.0739. The van der Waals surface area contributed by atoms with Gasteiger partial charge in [-0.1, -0.05) is 6.92 Å². The topological polar surface area (TPSA) is 73.4 Å². The third kappa shape index (κ3) is 2.96. The Bertz CT molecular complexity index is 455. The summed E-state index contributed by atoms with van der Waals surface area (Å²) in [5, 5.41) is 4.31. The third-order valence-corrected chi connectivity index (χ3v) is 3.44. The van der Waals surface area contributed by atoms with E-state index in [1.807, 2.05) is 25.8 Å². The first-order valence-electron chi connectivity index (χ1n) is 6.72. The fraction of sp³-hybridized carbons (Fsp3) is 0.692. The first kappa shape index (κ1) is 14.0. The average Bonchev–Trinajstić information content (AvgIpc) is 2.79. The number of aryl methyl sites for hydroxylation is 2. The number of hydrogen-bond donors (Lipinski definition) is 1. The van der Waals surface area contributed by atoms with E-state index in [0.717, 1.165) is 12.1 Å². The summed E-state index contributed by atoms with van der Waals surface area (Å²) in [7, 11) is 1.83. The van der Waals surface area contributed by atoms with Crippen molar-refractivity contribution in [3.05, 3.63) is 17.5 Å². The predicted octanol–water partition coefficient (Wildman–Crippen LogP) is 0.171. The van der Waals surface area contributed by atoms with Crippen LogP contribution in [-0.2, 0) is 18.2 Å². The number of morpholine rings is 1. The zero-order chi connectivity index (χ0) is 14.0. The number of ether oxygens (including phenoxy) is 1. The van der Waals surface area contributed by atoms with Crippen LogP contribution >= 0.6 is 0 Å². The SMILES string of the molecule is CCc1nn(C)cc1C(=O)N1CCOC(C(C)N)C1. The van der Waals surface area contributed by atoms with E-state index >= 15 is 0 Å². The first-order valence-corrected chi connectivity index (χ1v) is 6.72. The second-order valence-corrected chi connectivity index (χ2v) is 5.04. The number of nitrogens with two attached hydrogens (primary N) is 1. The van der Waals surface area contributed by atoms with Gasteiger partial charge in [-0.05, 0) is 13.3 Å². The predicted molar refractivity (Wildman–Crippen MR) is 71.9 cm³/mol. The molecule has 19 heavy (non-hydrogen) atoms. The van der Waals surface area contributed by atoms with Crippen LogP contribution in [0.15, 0.2) is 6.20 Å². The van der Waals surface area contributed by atoms with Crippen LogP contribution in [0.4, 0.5) is 0 Å². The lowest BCUT2D eigenvalue weighted by molar-refractivity contribution is -0.0300. The van der Waals surface area contributed by atoms with Crippen LogP contribution in [0.25, 0.3) is 0 Å². The van der Waals surface area contributed by atoms with Gasteiger partial charge in [-0.3, -0.25) is 9.48 Å². The molecule has 2 unspecified atom stereocenters. The Labute approximate surface area is 113 Å². The minimum absolute atomic E-state index is 0.0268. The molecule has 1 aliphatic rings. The van der Waals surface area contributed by atoms with Gasteiger partial charge < -0.3 is 15.4 Å². The second kappa shape index (κ2) is 5.71. The molecule has 106 valence electrons. The van der Waals surface area contributed by atoms with Crippen LogP contribution in [0.2, 0.25) is 0 Å². The largest absolute Gasteiger partial charge is 0.373 e. The molecule has 1 aromatic heterocycles. The van der Waals surface area contributed by atoms with Gasteiger partial charge >= 0.3 is 0 Å². The van der Waals surface area contributed by atoms with Crippen molar-refractivity contribution < 1.29 is 9.53 Å². The molecule has 1 amide bonds. The smallest absolute Gasteiger partial charge is 0.257 e. The van der Waals surface area contributed by atoms with Crippen molar-refractivity contribution in [1.82, 2.24) is 14.7 Å². The number of carbonyl (C=O) groups excluding carboxylic acids is 1. The Kier molecular flexibility index (Phi) is 4.21. The molecule has 6 heteroatoms. The van der Waals surface area contributed by atoms with Gasteiger partial charge in [0, 0.05) is 32.4 Å². The number of aromatic nitrogens is 2. The summed E-state index contributed by atoms with van der Waals surface area (Å²) in [4.78, 5) is 14.4. The molecule has 1 fully saturated rings. The van der Waals surface area contributed by atoms with Crippen molar-refractivity contribution >= 4 is 5.91 Å². The first-order chi connectivity index (χ1) is 9.02. The summed E-state index contributed by atoms with van der Waals surface area (Å²) in [6.07, 6.45) is 2.46. The molecule has 1 aliphatic heterocycles. The van der Waals surface area contributed by atoms with Crippen molar-refractivity contribution in [1.29, 1.82) is 0 Å². The highest BCUT2D eigenvalue weighted by Gasteiger charge is 2.28. The molecule has 2 N–H and O–H groups in total. The van der Waals surface area contributed by atoms with E-state index in [9.17, 15) is 4.79 Å². The molecule has 0 radical (unpaired) electrons. The highest BCUT2D eigenvalue weighted by molar-refractivity contribution is 5.95. The van der Waals surface area contributed by atoms with E-state index in [-0.39, 0.29) is 18.1 Å². The quantitative estimate of drug-likeness (QED) is 0.846. The second-order valence-electron chi connectivity index (χ2n) is 5.04. The lowest BCUT2D eigenvalue weighted by atomic mass is 10.1. The third-order valence-electron chi connectivity index (χ3n) is 3.44. The molecule has 1 saturated heterocycles. The summed E-state index contributed by atoms with van der Waals surface area (Å²) >= 11 is 0. The standard InChI is InChI=1S/C13H22N4O2/c1-4-11-10(7-16(3)15-11)13(18)17-5-6-19-12(8-17)9(2)14/h7,9,12H,4-6,8,14H2,1-3H3. The van der Waals surface area contributed by atoms with Crippen molar-refractivity contribution in [2.75, 3.05) is 19.7 Å². The van der Waals surface area contributed by atoms with E-state index in [1.165, 1.54) is 0 Å². The van der Waals surface area contributed by atoms with E-state index < -0.39 is 0 Å². The normalized spacial score (nSPS) is 21.5. The lowest BCUT2D eigenvalue weighted by Crippen LogP contribution is -2.51. The van der Waals surface area contributed by atoms with Gasteiger partial charge in [0.1, 0.15) is 0 Å². The summed E-state index contributed by atoms with van der Waals surface area (Å²) in [5.41, 5.74) is 7.38. The Morgan fingerprint density at radius 3 is 3.05 bits per heavy atom. The molecule has 0 spiro atoms. The average molecular weight is 266 g/mol. The van der Waals surface area contributed by atoms with Gasteiger partial charge in [0.15, 0.2) is 0 Å². The summed E-state index contributed by atoms with van der Waals surface area (Å²) in [6.45, 7) is 5.61. The van der Waals surface area contributed by atoms with Gasteiger partial charge in [-0.15, -0.1) is 0 Å². The van der Waals surface area contributed by atoms with Crippen LogP contribution in [-0.4, -0.2) is 52.4 Å². The van der Waals surface area contributed by atoms with Crippen LogP contribution in [0, 0.1) is 0 Å². The number of carbonyl (C=O) groups is 1. The molecule has 0 aromatic carbocycles.